The first kappa shape index (κ1) is 13.4. The summed E-state index contributed by atoms with van der Waals surface area (Å²) in [6.45, 7) is 0.624. The SMILES string of the molecule is OP(O)c1ccc(CNc2ncnc3ccsc23)cc1. The van der Waals surface area contributed by atoms with Crippen LogP contribution < -0.4 is 10.6 Å². The van der Waals surface area contributed by atoms with E-state index in [0.29, 0.717) is 11.8 Å². The molecule has 0 aliphatic carbocycles. The number of fused-ring (bicyclic) bond motifs is 1. The molecule has 0 atom stereocenters. The molecule has 3 N–H and O–H groups in total. The Kier molecular flexibility index (Phi) is 3.89. The Balaban J connectivity index is 1.74. The number of rotatable bonds is 4. The van der Waals surface area contributed by atoms with Gasteiger partial charge in [-0.2, -0.15) is 0 Å². The van der Waals surface area contributed by atoms with Crippen LogP contribution >= 0.6 is 19.7 Å². The highest BCUT2D eigenvalue weighted by Crippen LogP contribution is 2.25. The zero-order chi connectivity index (χ0) is 13.9. The van der Waals surface area contributed by atoms with Crippen LogP contribution in [0.4, 0.5) is 5.82 Å². The molecule has 2 heterocycles. The third-order valence-corrected chi connectivity index (χ3v) is 4.54. The van der Waals surface area contributed by atoms with Crippen LogP contribution in [-0.4, -0.2) is 19.8 Å². The molecular formula is C13H12N3O2PS. The Bertz CT molecular complexity index is 715. The van der Waals surface area contributed by atoms with Gasteiger partial charge in [-0.05, 0) is 29.1 Å². The maximum Gasteiger partial charge on any atom is 0.199 e. The molecule has 2 aromatic heterocycles. The number of hydrogen-bond acceptors (Lipinski definition) is 6. The van der Waals surface area contributed by atoms with Crippen molar-refractivity contribution >= 4 is 41.1 Å². The normalized spacial score (nSPS) is 11.2. The van der Waals surface area contributed by atoms with Crippen molar-refractivity contribution in [2.75, 3.05) is 5.32 Å². The predicted octanol–water partition coefficient (Wildman–Crippen LogP) is 2.23. The van der Waals surface area contributed by atoms with E-state index in [-0.39, 0.29) is 0 Å². The van der Waals surface area contributed by atoms with Crippen molar-refractivity contribution in [1.82, 2.24) is 9.97 Å². The van der Waals surface area contributed by atoms with Gasteiger partial charge in [0.15, 0.2) is 8.38 Å². The molecule has 0 radical (unpaired) electrons. The summed E-state index contributed by atoms with van der Waals surface area (Å²) in [5.74, 6) is 0.820. The van der Waals surface area contributed by atoms with Crippen LogP contribution in [0.3, 0.4) is 0 Å². The maximum atomic E-state index is 9.11. The molecule has 0 spiro atoms. The summed E-state index contributed by atoms with van der Waals surface area (Å²) < 4.78 is 1.04. The van der Waals surface area contributed by atoms with Crippen molar-refractivity contribution < 1.29 is 9.79 Å². The fraction of sp³-hybridized carbons (Fsp3) is 0.0769. The second-order valence-corrected chi connectivity index (χ2v) is 6.18. The van der Waals surface area contributed by atoms with E-state index < -0.39 is 8.38 Å². The Hall–Kier alpha value is -1.59. The lowest BCUT2D eigenvalue weighted by Gasteiger charge is -2.07. The molecule has 0 aliphatic heterocycles. The van der Waals surface area contributed by atoms with Crippen molar-refractivity contribution in [3.63, 3.8) is 0 Å². The average Bonchev–Trinajstić information content (AvgIpc) is 2.94. The lowest BCUT2D eigenvalue weighted by atomic mass is 10.2. The van der Waals surface area contributed by atoms with Crippen LogP contribution in [0.2, 0.25) is 0 Å². The lowest BCUT2D eigenvalue weighted by Crippen LogP contribution is -2.04. The van der Waals surface area contributed by atoms with Gasteiger partial charge < -0.3 is 15.1 Å². The van der Waals surface area contributed by atoms with Gasteiger partial charge in [-0.3, -0.25) is 0 Å². The molecule has 3 rings (SSSR count). The molecule has 0 saturated heterocycles. The summed E-state index contributed by atoms with van der Waals surface area (Å²) in [4.78, 5) is 26.7. The predicted molar refractivity (Wildman–Crippen MR) is 82.2 cm³/mol. The summed E-state index contributed by atoms with van der Waals surface area (Å²) in [6.07, 6.45) is 1.55. The van der Waals surface area contributed by atoms with Gasteiger partial charge in [-0.25, -0.2) is 9.97 Å². The number of aromatic nitrogens is 2. The number of nitrogens with one attached hydrogen (secondary N) is 1. The molecular weight excluding hydrogens is 293 g/mol. The monoisotopic (exact) mass is 305 g/mol. The molecule has 0 saturated carbocycles. The molecule has 0 amide bonds. The fourth-order valence-corrected chi connectivity index (χ4v) is 3.07. The van der Waals surface area contributed by atoms with Crippen molar-refractivity contribution in [1.29, 1.82) is 0 Å². The van der Waals surface area contributed by atoms with Gasteiger partial charge in [0.05, 0.1) is 10.2 Å². The molecule has 20 heavy (non-hydrogen) atoms. The molecule has 102 valence electrons. The first-order valence-corrected chi connectivity index (χ1v) is 8.05. The van der Waals surface area contributed by atoms with Crippen molar-refractivity contribution in [3.8, 4) is 0 Å². The third kappa shape index (κ3) is 2.78. The van der Waals surface area contributed by atoms with Crippen molar-refractivity contribution in [2.24, 2.45) is 0 Å². The summed E-state index contributed by atoms with van der Waals surface area (Å²) in [5.41, 5.74) is 1.99. The van der Waals surface area contributed by atoms with Crippen LogP contribution in [0.5, 0.6) is 0 Å². The topological polar surface area (TPSA) is 78.3 Å². The molecule has 5 nitrogen and oxygen atoms in total. The number of nitrogens with zero attached hydrogens (tertiary/aromatic N) is 2. The van der Waals surface area contributed by atoms with E-state index in [0.717, 1.165) is 21.6 Å². The van der Waals surface area contributed by atoms with Crippen LogP contribution in [0.15, 0.2) is 42.0 Å². The highest BCUT2D eigenvalue weighted by molar-refractivity contribution is 7.54. The van der Waals surface area contributed by atoms with Gasteiger partial charge in [0.2, 0.25) is 0 Å². The highest BCUT2D eigenvalue weighted by Gasteiger charge is 2.06. The number of anilines is 1. The summed E-state index contributed by atoms with van der Waals surface area (Å²) >= 11 is 1.60. The summed E-state index contributed by atoms with van der Waals surface area (Å²) in [7, 11) is -2.02. The molecule has 0 fully saturated rings. The molecule has 0 bridgehead atoms. The largest absolute Gasteiger partial charge is 0.365 e. The number of benzene rings is 1. The van der Waals surface area contributed by atoms with E-state index in [2.05, 4.69) is 15.3 Å². The first-order chi connectivity index (χ1) is 9.74. The smallest absolute Gasteiger partial charge is 0.199 e. The standard InChI is InChI=1S/C13H12N3O2PS/c17-19(18)10-3-1-9(2-4-10)7-14-13-12-11(5-6-20-12)15-8-16-13/h1-6,8,17-18H,7H2,(H,14,15,16). The summed E-state index contributed by atoms with van der Waals surface area (Å²) in [6, 6.07) is 9.16. The van der Waals surface area contributed by atoms with Crippen LogP contribution in [0.1, 0.15) is 5.56 Å². The van der Waals surface area contributed by atoms with E-state index >= 15 is 0 Å². The van der Waals surface area contributed by atoms with E-state index in [1.807, 2.05) is 23.6 Å². The maximum absolute atomic E-state index is 9.11. The van der Waals surface area contributed by atoms with Gasteiger partial charge in [0.1, 0.15) is 12.1 Å². The van der Waals surface area contributed by atoms with Crippen LogP contribution in [0, 0.1) is 0 Å². The second kappa shape index (κ2) is 5.81. The Morgan fingerprint density at radius 2 is 1.90 bits per heavy atom. The van der Waals surface area contributed by atoms with Gasteiger partial charge in [-0.15, -0.1) is 11.3 Å². The highest BCUT2D eigenvalue weighted by atomic mass is 32.1. The van der Waals surface area contributed by atoms with Crippen molar-refractivity contribution in [3.05, 3.63) is 47.6 Å². The third-order valence-electron chi connectivity index (χ3n) is 2.87. The Labute approximate surface area is 120 Å². The van der Waals surface area contributed by atoms with Crippen LogP contribution in [-0.2, 0) is 6.54 Å². The molecule has 0 unspecified atom stereocenters. The minimum Gasteiger partial charge on any atom is -0.365 e. The zero-order valence-corrected chi connectivity index (χ0v) is 12.1. The number of thiophene rings is 1. The lowest BCUT2D eigenvalue weighted by molar-refractivity contribution is 0.497. The van der Waals surface area contributed by atoms with E-state index in [1.54, 1.807) is 29.8 Å². The quantitative estimate of drug-likeness (QED) is 0.644. The average molecular weight is 305 g/mol. The van der Waals surface area contributed by atoms with E-state index in [4.69, 9.17) is 9.79 Å². The van der Waals surface area contributed by atoms with E-state index in [1.165, 1.54) is 0 Å². The molecule has 1 aromatic carbocycles. The minimum absolute atomic E-state index is 0.548. The van der Waals surface area contributed by atoms with Gasteiger partial charge >= 0.3 is 0 Å². The van der Waals surface area contributed by atoms with Gasteiger partial charge in [0, 0.05) is 11.8 Å². The van der Waals surface area contributed by atoms with Gasteiger partial charge in [0.25, 0.3) is 0 Å². The van der Waals surface area contributed by atoms with Crippen molar-refractivity contribution in [2.45, 2.75) is 6.54 Å². The van der Waals surface area contributed by atoms with Gasteiger partial charge in [-0.1, -0.05) is 12.1 Å². The summed E-state index contributed by atoms with van der Waals surface area (Å²) in [5, 5.41) is 5.82. The first-order valence-electron chi connectivity index (χ1n) is 5.93. The fourth-order valence-electron chi connectivity index (χ4n) is 1.85. The van der Waals surface area contributed by atoms with E-state index in [9.17, 15) is 0 Å². The van der Waals surface area contributed by atoms with Crippen LogP contribution in [0.25, 0.3) is 10.2 Å². The minimum atomic E-state index is -2.02. The Morgan fingerprint density at radius 1 is 1.10 bits per heavy atom. The zero-order valence-electron chi connectivity index (χ0n) is 10.4. The molecule has 7 heteroatoms. The molecule has 0 aliphatic rings. The number of hydrogen-bond donors (Lipinski definition) is 3. The Morgan fingerprint density at radius 3 is 2.65 bits per heavy atom. The molecule has 3 aromatic rings. The second-order valence-electron chi connectivity index (χ2n) is 4.17.